The van der Waals surface area contributed by atoms with E-state index in [0.717, 1.165) is 0 Å². The van der Waals surface area contributed by atoms with E-state index in [2.05, 4.69) is 4.98 Å². The third-order valence-corrected chi connectivity index (χ3v) is 1.93. The van der Waals surface area contributed by atoms with Gasteiger partial charge in [0.05, 0.1) is 12.0 Å². The van der Waals surface area contributed by atoms with Crippen LogP contribution < -0.4 is 4.74 Å². The first kappa shape index (κ1) is 11.8. The monoisotopic (exact) mass is 222 g/mol. The number of pyridine rings is 1. The van der Waals surface area contributed by atoms with Crippen LogP contribution in [0.2, 0.25) is 0 Å². The summed E-state index contributed by atoms with van der Waals surface area (Å²) in [7, 11) is 1.43. The van der Waals surface area contributed by atoms with Gasteiger partial charge in [-0.15, -0.1) is 0 Å². The minimum atomic E-state index is -0.529. The molecule has 0 radical (unpaired) electrons. The molecule has 0 aromatic carbocycles. The summed E-state index contributed by atoms with van der Waals surface area (Å²) in [5.41, 5.74) is 0.633. The lowest BCUT2D eigenvalue weighted by atomic mass is 10.1. The molecule has 0 aliphatic carbocycles. The molecule has 6 nitrogen and oxygen atoms in total. The molecule has 0 aliphatic rings. The van der Waals surface area contributed by atoms with Gasteiger partial charge in [-0.1, -0.05) is 0 Å². The largest absolute Gasteiger partial charge is 0.481 e. The number of methoxy groups -OCH3 is 1. The molecule has 0 fully saturated rings. The smallest absolute Gasteiger partial charge is 0.243 e. The Morgan fingerprint density at radius 1 is 1.56 bits per heavy atom. The lowest BCUT2D eigenvalue weighted by Gasteiger charge is -2.01. The van der Waals surface area contributed by atoms with Crippen LogP contribution in [0.15, 0.2) is 18.0 Å². The van der Waals surface area contributed by atoms with E-state index in [9.17, 15) is 14.9 Å². The summed E-state index contributed by atoms with van der Waals surface area (Å²) in [5, 5.41) is 10.4. The summed E-state index contributed by atoms with van der Waals surface area (Å²) in [6.07, 6.45) is 3.25. The maximum absolute atomic E-state index is 10.8. The van der Waals surface area contributed by atoms with Crippen LogP contribution in [0.3, 0.4) is 0 Å². The van der Waals surface area contributed by atoms with E-state index in [1.165, 1.54) is 32.4 Å². The van der Waals surface area contributed by atoms with Crippen molar-refractivity contribution in [2.45, 2.75) is 6.92 Å². The Bertz CT molecular complexity index is 454. The number of carbonyl (C=O) groups is 1. The minimum Gasteiger partial charge on any atom is -0.481 e. The molecule has 0 aliphatic heterocycles. The van der Waals surface area contributed by atoms with Crippen molar-refractivity contribution < 1.29 is 14.5 Å². The maximum atomic E-state index is 10.8. The number of ether oxygens (including phenoxy) is 1. The highest BCUT2D eigenvalue weighted by Crippen LogP contribution is 2.15. The van der Waals surface area contributed by atoms with Gasteiger partial charge in [0.25, 0.3) is 0 Å². The lowest BCUT2D eigenvalue weighted by Crippen LogP contribution is -1.97. The van der Waals surface area contributed by atoms with E-state index in [1.807, 2.05) is 0 Å². The average molecular weight is 222 g/mol. The Morgan fingerprint density at radius 2 is 2.25 bits per heavy atom. The quantitative estimate of drug-likeness (QED) is 0.438. The standard InChI is InChI=1S/C10H10N2O4/c1-7(12(14)15)3-8-5-11-10(16-2)4-9(8)6-13/h3-6H,1-2H3/b7-3+. The van der Waals surface area contributed by atoms with Gasteiger partial charge in [-0.25, -0.2) is 4.98 Å². The van der Waals surface area contributed by atoms with E-state index >= 15 is 0 Å². The number of rotatable bonds is 4. The normalized spacial score (nSPS) is 11.0. The van der Waals surface area contributed by atoms with Crippen LogP contribution in [-0.2, 0) is 0 Å². The average Bonchev–Trinajstić information content (AvgIpc) is 2.29. The molecule has 1 aromatic rings. The summed E-state index contributed by atoms with van der Waals surface area (Å²) in [6.45, 7) is 1.35. The van der Waals surface area contributed by atoms with Gasteiger partial charge in [0.1, 0.15) is 0 Å². The van der Waals surface area contributed by atoms with Gasteiger partial charge in [0.15, 0.2) is 6.29 Å². The van der Waals surface area contributed by atoms with Crippen LogP contribution in [-0.4, -0.2) is 23.3 Å². The Balaban J connectivity index is 3.19. The molecule has 0 unspecified atom stereocenters. The van der Waals surface area contributed by atoms with Crippen LogP contribution in [0.1, 0.15) is 22.8 Å². The number of hydrogen-bond donors (Lipinski definition) is 0. The second-order valence-corrected chi connectivity index (χ2v) is 3.02. The number of carbonyl (C=O) groups excluding carboxylic acids is 1. The first-order valence-corrected chi connectivity index (χ1v) is 4.40. The van der Waals surface area contributed by atoms with Gasteiger partial charge in [-0.05, 0) is 0 Å². The minimum absolute atomic E-state index is 0.0601. The van der Waals surface area contributed by atoms with E-state index in [0.29, 0.717) is 17.4 Å². The molecular weight excluding hydrogens is 212 g/mol. The van der Waals surface area contributed by atoms with Crippen LogP contribution >= 0.6 is 0 Å². The molecule has 6 heteroatoms. The summed E-state index contributed by atoms with van der Waals surface area (Å²) in [5.74, 6) is 0.290. The van der Waals surface area contributed by atoms with Crippen LogP contribution in [0.25, 0.3) is 6.08 Å². The van der Waals surface area contributed by atoms with E-state index < -0.39 is 4.92 Å². The number of aldehydes is 1. The molecule has 0 N–H and O–H groups in total. The molecule has 0 saturated heterocycles. The first-order chi connectivity index (χ1) is 7.58. The highest BCUT2D eigenvalue weighted by Gasteiger charge is 2.07. The molecule has 84 valence electrons. The molecule has 0 amide bonds. The predicted octanol–water partition coefficient (Wildman–Crippen LogP) is 1.54. The SMILES string of the molecule is COc1cc(C=O)c(/C=C(\C)[N+](=O)[O-])cn1. The molecule has 0 atom stereocenters. The zero-order valence-corrected chi connectivity index (χ0v) is 8.84. The maximum Gasteiger partial charge on any atom is 0.243 e. The summed E-state index contributed by atoms with van der Waals surface area (Å²) in [6, 6.07) is 1.42. The van der Waals surface area contributed by atoms with E-state index in [1.54, 1.807) is 0 Å². The molecule has 1 rings (SSSR count). The van der Waals surface area contributed by atoms with Crippen molar-refractivity contribution in [2.24, 2.45) is 0 Å². The van der Waals surface area contributed by atoms with Crippen molar-refractivity contribution in [3.05, 3.63) is 39.2 Å². The van der Waals surface area contributed by atoms with Crippen molar-refractivity contribution >= 4 is 12.4 Å². The molecule has 16 heavy (non-hydrogen) atoms. The third kappa shape index (κ3) is 2.63. The van der Waals surface area contributed by atoms with Crippen molar-refractivity contribution in [1.29, 1.82) is 0 Å². The molecule has 0 saturated carbocycles. The zero-order chi connectivity index (χ0) is 12.1. The van der Waals surface area contributed by atoms with Crippen LogP contribution in [0.4, 0.5) is 0 Å². The first-order valence-electron chi connectivity index (χ1n) is 4.40. The predicted molar refractivity (Wildman–Crippen MR) is 56.8 cm³/mol. The van der Waals surface area contributed by atoms with Gasteiger partial charge >= 0.3 is 0 Å². The third-order valence-electron chi connectivity index (χ3n) is 1.93. The van der Waals surface area contributed by atoms with Crippen LogP contribution in [0, 0.1) is 10.1 Å². The number of nitro groups is 1. The van der Waals surface area contributed by atoms with Gasteiger partial charge in [0.2, 0.25) is 11.6 Å². The second-order valence-electron chi connectivity index (χ2n) is 3.02. The number of aromatic nitrogens is 1. The number of hydrogen-bond acceptors (Lipinski definition) is 5. The topological polar surface area (TPSA) is 82.3 Å². The second kappa shape index (κ2) is 5.01. The Labute approximate surface area is 91.7 Å². The fraction of sp³-hybridized carbons (Fsp3) is 0.200. The van der Waals surface area contributed by atoms with Gasteiger partial charge < -0.3 is 4.74 Å². The fourth-order valence-electron chi connectivity index (χ4n) is 1.07. The van der Waals surface area contributed by atoms with Gasteiger partial charge in [-0.2, -0.15) is 0 Å². The molecule has 1 heterocycles. The lowest BCUT2D eigenvalue weighted by molar-refractivity contribution is -0.422. The van der Waals surface area contributed by atoms with Crippen molar-refractivity contribution in [2.75, 3.05) is 7.11 Å². The van der Waals surface area contributed by atoms with Crippen molar-refractivity contribution in [3.8, 4) is 5.88 Å². The highest BCUT2D eigenvalue weighted by atomic mass is 16.6. The van der Waals surface area contributed by atoms with E-state index in [-0.39, 0.29) is 11.6 Å². The van der Waals surface area contributed by atoms with Crippen molar-refractivity contribution in [3.63, 3.8) is 0 Å². The van der Waals surface area contributed by atoms with Gasteiger partial charge in [-0.3, -0.25) is 14.9 Å². The molecular formula is C10H10N2O4. The van der Waals surface area contributed by atoms with Crippen molar-refractivity contribution in [1.82, 2.24) is 4.98 Å². The fourth-order valence-corrected chi connectivity index (χ4v) is 1.07. The zero-order valence-electron chi connectivity index (χ0n) is 8.84. The summed E-state index contributed by atoms with van der Waals surface area (Å²) >= 11 is 0. The Morgan fingerprint density at radius 3 is 2.75 bits per heavy atom. The Hall–Kier alpha value is -2.24. The Kier molecular flexibility index (Phi) is 3.71. The van der Waals surface area contributed by atoms with Gasteiger partial charge in [0, 0.05) is 36.4 Å². The highest BCUT2D eigenvalue weighted by molar-refractivity contribution is 5.82. The summed E-state index contributed by atoms with van der Waals surface area (Å²) in [4.78, 5) is 24.5. The molecule has 1 aromatic heterocycles. The molecule has 0 spiro atoms. The van der Waals surface area contributed by atoms with Crippen LogP contribution in [0.5, 0.6) is 5.88 Å². The summed E-state index contributed by atoms with van der Waals surface area (Å²) < 4.78 is 4.84. The molecule has 0 bridgehead atoms. The van der Waals surface area contributed by atoms with E-state index in [4.69, 9.17) is 4.74 Å². The number of allylic oxidation sites excluding steroid dienone is 1. The number of nitrogens with zero attached hydrogens (tertiary/aromatic N) is 2.